The van der Waals surface area contributed by atoms with E-state index in [0.717, 1.165) is 13.0 Å². The molecule has 1 heterocycles. The van der Waals surface area contributed by atoms with E-state index in [9.17, 15) is 26.4 Å². The predicted molar refractivity (Wildman–Crippen MR) is 113 cm³/mol. The van der Waals surface area contributed by atoms with Crippen molar-refractivity contribution in [3.8, 4) is 0 Å². The van der Waals surface area contributed by atoms with Gasteiger partial charge in [-0.1, -0.05) is 0 Å². The zero-order chi connectivity index (χ0) is 23.1. The molecule has 0 unspecified atom stereocenters. The maximum atomic E-state index is 14.5. The standard InChI is InChI=1S/C22H29F3N2O3S/c1-12(2)31(29,30)11-15-8-16(26)4-5-19(15)27-7-6-14(9-20(27)28)17-10-18(23)22(25)13(3)21(17)24/h9-10,12,15-16,19H,4-8,11,26H2,1-3H3/t15-,16-,19+/m0/s1. The van der Waals surface area contributed by atoms with E-state index in [1.807, 2.05) is 0 Å². The number of rotatable bonds is 5. The molecule has 1 saturated carbocycles. The fraction of sp³-hybridized carbons (Fsp3) is 0.591. The highest BCUT2D eigenvalue weighted by Crippen LogP contribution is 2.35. The quantitative estimate of drug-likeness (QED) is 0.687. The van der Waals surface area contributed by atoms with Gasteiger partial charge in [-0.05, 0) is 64.0 Å². The summed E-state index contributed by atoms with van der Waals surface area (Å²) in [6.45, 7) is 4.67. The van der Waals surface area contributed by atoms with Gasteiger partial charge in [0, 0.05) is 35.8 Å². The van der Waals surface area contributed by atoms with E-state index in [0.29, 0.717) is 24.8 Å². The van der Waals surface area contributed by atoms with Gasteiger partial charge in [0.1, 0.15) is 5.82 Å². The van der Waals surface area contributed by atoms with Crippen LogP contribution in [0.1, 0.15) is 50.7 Å². The lowest BCUT2D eigenvalue weighted by Crippen LogP contribution is -2.52. The first-order valence-electron chi connectivity index (χ1n) is 10.5. The van der Waals surface area contributed by atoms with Crippen LogP contribution in [0.5, 0.6) is 0 Å². The number of halogens is 3. The monoisotopic (exact) mass is 458 g/mol. The van der Waals surface area contributed by atoms with Crippen molar-refractivity contribution >= 4 is 21.3 Å². The van der Waals surface area contributed by atoms with Crippen molar-refractivity contribution < 1.29 is 26.4 Å². The molecule has 5 nitrogen and oxygen atoms in total. The normalized spacial score (nSPS) is 25.2. The molecule has 1 aliphatic heterocycles. The van der Waals surface area contributed by atoms with E-state index in [-0.39, 0.29) is 48.2 Å². The van der Waals surface area contributed by atoms with Crippen LogP contribution >= 0.6 is 0 Å². The molecule has 1 aliphatic carbocycles. The van der Waals surface area contributed by atoms with E-state index in [1.165, 1.54) is 6.08 Å². The third-order valence-electron chi connectivity index (χ3n) is 6.47. The molecule has 2 N–H and O–H groups in total. The Kier molecular flexibility index (Phi) is 6.86. The van der Waals surface area contributed by atoms with Crippen LogP contribution in [0.2, 0.25) is 0 Å². The first-order valence-corrected chi connectivity index (χ1v) is 12.3. The van der Waals surface area contributed by atoms with Crippen LogP contribution in [0, 0.1) is 30.3 Å². The second-order valence-corrected chi connectivity index (χ2v) is 11.5. The number of nitrogens with two attached hydrogens (primary N) is 1. The second-order valence-electron chi connectivity index (χ2n) is 8.89. The fourth-order valence-electron chi connectivity index (χ4n) is 4.53. The lowest BCUT2D eigenvalue weighted by Gasteiger charge is -2.43. The first-order chi connectivity index (χ1) is 14.4. The molecule has 3 rings (SSSR count). The van der Waals surface area contributed by atoms with Gasteiger partial charge in [-0.3, -0.25) is 4.79 Å². The van der Waals surface area contributed by atoms with Crippen LogP contribution in [-0.4, -0.2) is 48.9 Å². The van der Waals surface area contributed by atoms with Crippen LogP contribution in [0.4, 0.5) is 13.2 Å². The van der Waals surface area contributed by atoms with Gasteiger partial charge in [-0.15, -0.1) is 0 Å². The predicted octanol–water partition coefficient (Wildman–Crippen LogP) is 3.35. The fourth-order valence-corrected chi connectivity index (χ4v) is 5.87. The number of amides is 1. The number of carbonyl (C=O) groups excluding carboxylic acids is 1. The third-order valence-corrected chi connectivity index (χ3v) is 8.80. The van der Waals surface area contributed by atoms with Gasteiger partial charge in [-0.2, -0.15) is 0 Å². The third kappa shape index (κ3) is 4.82. The molecule has 0 aromatic heterocycles. The Hall–Kier alpha value is -1.87. The molecular formula is C22H29F3N2O3S. The maximum absolute atomic E-state index is 14.5. The molecule has 0 radical (unpaired) electrons. The van der Waals surface area contributed by atoms with Crippen molar-refractivity contribution in [1.82, 2.24) is 4.90 Å². The van der Waals surface area contributed by atoms with Crippen molar-refractivity contribution in [3.63, 3.8) is 0 Å². The molecule has 0 saturated heterocycles. The lowest BCUT2D eigenvalue weighted by molar-refractivity contribution is -0.130. The minimum absolute atomic E-state index is 0.0413. The minimum Gasteiger partial charge on any atom is -0.336 e. The molecule has 2 aliphatic rings. The molecule has 1 aromatic rings. The summed E-state index contributed by atoms with van der Waals surface area (Å²) in [6, 6.07) is 0.383. The van der Waals surface area contributed by atoms with E-state index < -0.39 is 38.1 Å². The summed E-state index contributed by atoms with van der Waals surface area (Å²) in [4.78, 5) is 14.6. The van der Waals surface area contributed by atoms with Crippen molar-refractivity contribution in [2.75, 3.05) is 12.3 Å². The van der Waals surface area contributed by atoms with Crippen LogP contribution in [-0.2, 0) is 14.6 Å². The molecule has 9 heteroatoms. The molecule has 1 amide bonds. The summed E-state index contributed by atoms with van der Waals surface area (Å²) in [5.74, 6) is -3.98. The van der Waals surface area contributed by atoms with Crippen molar-refractivity contribution in [2.45, 2.75) is 63.8 Å². The largest absolute Gasteiger partial charge is 0.336 e. The Morgan fingerprint density at radius 3 is 2.48 bits per heavy atom. The maximum Gasteiger partial charge on any atom is 0.247 e. The van der Waals surface area contributed by atoms with Gasteiger partial charge in [0.2, 0.25) is 5.91 Å². The highest BCUT2D eigenvalue weighted by atomic mass is 32.2. The molecule has 31 heavy (non-hydrogen) atoms. The van der Waals surface area contributed by atoms with Crippen LogP contribution < -0.4 is 5.73 Å². The molecule has 0 bridgehead atoms. The Balaban J connectivity index is 1.87. The molecule has 3 atom stereocenters. The topological polar surface area (TPSA) is 80.5 Å². The highest BCUT2D eigenvalue weighted by Gasteiger charge is 2.39. The molecule has 1 aromatic carbocycles. The summed E-state index contributed by atoms with van der Waals surface area (Å²) in [6.07, 6.45) is 3.29. The number of carbonyl (C=O) groups is 1. The SMILES string of the molecule is Cc1c(F)c(F)cc(C2=CC(=O)N([C@@H]3CC[C@H](N)C[C@H]3CS(=O)(=O)C(C)C)CC2)c1F. The van der Waals surface area contributed by atoms with Gasteiger partial charge in [0.15, 0.2) is 21.5 Å². The molecule has 1 fully saturated rings. The number of sulfone groups is 1. The summed E-state index contributed by atoms with van der Waals surface area (Å²) in [5, 5.41) is -0.519. The van der Waals surface area contributed by atoms with Crippen LogP contribution in [0.25, 0.3) is 5.57 Å². The molecule has 0 spiro atoms. The van der Waals surface area contributed by atoms with Crippen LogP contribution in [0.3, 0.4) is 0 Å². The van der Waals surface area contributed by atoms with Crippen LogP contribution in [0.15, 0.2) is 12.1 Å². The van der Waals surface area contributed by atoms with Crippen molar-refractivity contribution in [3.05, 3.63) is 40.7 Å². The Morgan fingerprint density at radius 2 is 1.87 bits per heavy atom. The first kappa shape index (κ1) is 23.8. The zero-order valence-electron chi connectivity index (χ0n) is 18.0. The smallest absolute Gasteiger partial charge is 0.247 e. The lowest BCUT2D eigenvalue weighted by atomic mass is 9.81. The van der Waals surface area contributed by atoms with Gasteiger partial charge in [0.05, 0.1) is 11.0 Å². The Morgan fingerprint density at radius 1 is 1.19 bits per heavy atom. The van der Waals surface area contributed by atoms with Crippen molar-refractivity contribution in [2.24, 2.45) is 11.7 Å². The van der Waals surface area contributed by atoms with E-state index in [2.05, 4.69) is 0 Å². The number of hydrogen-bond acceptors (Lipinski definition) is 4. The average Bonchev–Trinajstić information content (AvgIpc) is 2.69. The van der Waals surface area contributed by atoms with E-state index in [1.54, 1.807) is 18.7 Å². The zero-order valence-corrected chi connectivity index (χ0v) is 18.8. The van der Waals surface area contributed by atoms with Gasteiger partial charge < -0.3 is 10.6 Å². The summed E-state index contributed by atoms with van der Waals surface area (Å²) < 4.78 is 67.0. The molecular weight excluding hydrogens is 429 g/mol. The number of benzene rings is 1. The molecule has 172 valence electrons. The minimum atomic E-state index is -3.32. The van der Waals surface area contributed by atoms with E-state index in [4.69, 9.17) is 5.73 Å². The average molecular weight is 459 g/mol. The van der Waals surface area contributed by atoms with Gasteiger partial charge >= 0.3 is 0 Å². The van der Waals surface area contributed by atoms with E-state index >= 15 is 0 Å². The highest BCUT2D eigenvalue weighted by molar-refractivity contribution is 7.91. The van der Waals surface area contributed by atoms with Crippen molar-refractivity contribution in [1.29, 1.82) is 0 Å². The number of nitrogens with zero attached hydrogens (tertiary/aromatic N) is 1. The second kappa shape index (κ2) is 8.94. The van der Waals surface area contributed by atoms with Gasteiger partial charge in [0.25, 0.3) is 0 Å². The summed E-state index contributed by atoms with van der Waals surface area (Å²) in [5.41, 5.74) is 5.85. The Bertz CT molecular complexity index is 1010. The summed E-state index contributed by atoms with van der Waals surface area (Å²) in [7, 11) is -3.32. The Labute approximate surface area is 181 Å². The number of hydrogen-bond donors (Lipinski definition) is 1. The van der Waals surface area contributed by atoms with Gasteiger partial charge in [-0.25, -0.2) is 21.6 Å². The summed E-state index contributed by atoms with van der Waals surface area (Å²) >= 11 is 0.